The van der Waals surface area contributed by atoms with Crippen LogP contribution in [0.5, 0.6) is 0 Å². The van der Waals surface area contributed by atoms with Crippen LogP contribution in [0.1, 0.15) is 24.0 Å². The molecule has 18 heavy (non-hydrogen) atoms. The molecule has 0 unspecified atom stereocenters. The number of anilines is 1. The van der Waals surface area contributed by atoms with Crippen LogP contribution in [0.15, 0.2) is 18.2 Å². The number of aryl methyl sites for hydroxylation is 1. The second kappa shape index (κ2) is 6.21. The Labute approximate surface area is 110 Å². The van der Waals surface area contributed by atoms with E-state index in [1.807, 2.05) is 6.07 Å². The summed E-state index contributed by atoms with van der Waals surface area (Å²) in [4.78, 5) is 2.26. The quantitative estimate of drug-likeness (QED) is 0.595. The normalized spacial score (nSPS) is 15.3. The molecule has 0 spiro atoms. The van der Waals surface area contributed by atoms with Crippen LogP contribution in [0.4, 0.5) is 5.69 Å². The van der Waals surface area contributed by atoms with E-state index in [0.717, 1.165) is 37.9 Å². The van der Waals surface area contributed by atoms with Crippen LogP contribution in [-0.4, -0.2) is 31.7 Å². The summed E-state index contributed by atoms with van der Waals surface area (Å²) in [6.07, 6.45) is 2.71. The second-order valence-electron chi connectivity index (χ2n) is 5.46. The van der Waals surface area contributed by atoms with E-state index < -0.39 is 0 Å². The summed E-state index contributed by atoms with van der Waals surface area (Å²) in [5.74, 6) is 0.850. The van der Waals surface area contributed by atoms with E-state index in [0.29, 0.717) is 0 Å². The Morgan fingerprint density at radius 1 is 1.39 bits per heavy atom. The molecule has 1 saturated carbocycles. The lowest BCUT2D eigenvalue weighted by molar-refractivity contribution is 0.102. The Morgan fingerprint density at radius 3 is 2.89 bits per heavy atom. The van der Waals surface area contributed by atoms with Gasteiger partial charge in [0, 0.05) is 25.4 Å². The van der Waals surface area contributed by atoms with Gasteiger partial charge in [0.05, 0.1) is 6.61 Å². The van der Waals surface area contributed by atoms with Crippen LogP contribution in [0.25, 0.3) is 0 Å². The number of nitrogens with two attached hydrogens (primary N) is 1. The lowest BCUT2D eigenvalue weighted by atomic mass is 10.1. The van der Waals surface area contributed by atoms with Crippen molar-refractivity contribution in [3.05, 3.63) is 29.3 Å². The fraction of sp³-hybridized carbons (Fsp3) is 0.600. The van der Waals surface area contributed by atoms with Crippen molar-refractivity contribution in [1.82, 2.24) is 4.90 Å². The van der Waals surface area contributed by atoms with Gasteiger partial charge in [-0.3, -0.25) is 4.90 Å². The van der Waals surface area contributed by atoms with Crippen LogP contribution in [0, 0.1) is 12.8 Å². The molecule has 3 nitrogen and oxygen atoms in total. The van der Waals surface area contributed by atoms with Crippen LogP contribution in [0.3, 0.4) is 0 Å². The molecule has 0 atom stereocenters. The number of hydrogen-bond donors (Lipinski definition) is 1. The van der Waals surface area contributed by atoms with E-state index >= 15 is 0 Å². The van der Waals surface area contributed by atoms with Gasteiger partial charge in [-0.05, 0) is 44.4 Å². The maximum atomic E-state index is 5.98. The summed E-state index contributed by atoms with van der Waals surface area (Å²) in [6.45, 7) is 5.71. The van der Waals surface area contributed by atoms with Crippen molar-refractivity contribution in [2.45, 2.75) is 26.3 Å². The summed E-state index contributed by atoms with van der Waals surface area (Å²) in [5, 5.41) is 0. The molecule has 0 amide bonds. The van der Waals surface area contributed by atoms with E-state index in [4.69, 9.17) is 10.5 Å². The number of nitrogens with zero attached hydrogens (tertiary/aromatic N) is 1. The molecule has 2 N–H and O–H groups in total. The minimum atomic E-state index is 0.818. The van der Waals surface area contributed by atoms with Crippen molar-refractivity contribution in [3.63, 3.8) is 0 Å². The van der Waals surface area contributed by atoms with Gasteiger partial charge in [0.15, 0.2) is 0 Å². The third-order valence-corrected chi connectivity index (χ3v) is 3.41. The Kier molecular flexibility index (Phi) is 4.61. The van der Waals surface area contributed by atoms with Crippen LogP contribution in [0.2, 0.25) is 0 Å². The summed E-state index contributed by atoms with van der Waals surface area (Å²) in [5.41, 5.74) is 9.33. The average molecular weight is 248 g/mol. The van der Waals surface area contributed by atoms with Crippen molar-refractivity contribution >= 4 is 5.69 Å². The van der Waals surface area contributed by atoms with Gasteiger partial charge in [0.25, 0.3) is 0 Å². The average Bonchev–Trinajstić information content (AvgIpc) is 3.13. The molecule has 1 aliphatic carbocycles. The van der Waals surface area contributed by atoms with Gasteiger partial charge >= 0.3 is 0 Å². The predicted octanol–water partition coefficient (Wildman–Crippen LogP) is 2.44. The van der Waals surface area contributed by atoms with E-state index in [1.54, 1.807) is 0 Å². The van der Waals surface area contributed by atoms with Gasteiger partial charge in [0.1, 0.15) is 0 Å². The standard InChI is InChI=1S/C15H24N2O/c1-12-3-6-15(16)14(9-12)10-17(2)7-8-18-11-13-4-5-13/h3,6,9,13H,4-5,7-8,10-11,16H2,1-2H3. The smallest absolute Gasteiger partial charge is 0.0593 e. The Balaban J connectivity index is 1.71. The van der Waals surface area contributed by atoms with Crippen LogP contribution in [-0.2, 0) is 11.3 Å². The lowest BCUT2D eigenvalue weighted by Crippen LogP contribution is -2.23. The molecule has 2 rings (SSSR count). The zero-order valence-electron chi connectivity index (χ0n) is 11.5. The monoisotopic (exact) mass is 248 g/mol. The van der Waals surface area contributed by atoms with Gasteiger partial charge < -0.3 is 10.5 Å². The molecule has 0 aromatic heterocycles. The highest BCUT2D eigenvalue weighted by Crippen LogP contribution is 2.28. The van der Waals surface area contributed by atoms with Gasteiger partial charge in [0.2, 0.25) is 0 Å². The number of rotatable bonds is 7. The van der Waals surface area contributed by atoms with Crippen LogP contribution < -0.4 is 5.73 Å². The minimum absolute atomic E-state index is 0.818. The summed E-state index contributed by atoms with van der Waals surface area (Å²) in [7, 11) is 2.11. The topological polar surface area (TPSA) is 38.5 Å². The van der Waals surface area contributed by atoms with Crippen molar-refractivity contribution in [1.29, 1.82) is 0 Å². The lowest BCUT2D eigenvalue weighted by Gasteiger charge is -2.18. The van der Waals surface area contributed by atoms with Gasteiger partial charge in [-0.25, -0.2) is 0 Å². The summed E-state index contributed by atoms with van der Waals surface area (Å²) < 4.78 is 5.65. The highest BCUT2D eigenvalue weighted by atomic mass is 16.5. The highest BCUT2D eigenvalue weighted by molar-refractivity contribution is 5.48. The number of ether oxygens (including phenoxy) is 1. The van der Waals surface area contributed by atoms with Crippen molar-refractivity contribution in [2.75, 3.05) is 32.5 Å². The molecule has 1 aromatic carbocycles. The van der Waals surface area contributed by atoms with E-state index in [2.05, 4.69) is 31.0 Å². The summed E-state index contributed by atoms with van der Waals surface area (Å²) >= 11 is 0. The molecule has 0 radical (unpaired) electrons. The molecule has 0 saturated heterocycles. The van der Waals surface area contributed by atoms with Crippen molar-refractivity contribution in [2.24, 2.45) is 5.92 Å². The molecule has 0 heterocycles. The molecule has 1 fully saturated rings. The number of benzene rings is 1. The number of likely N-dealkylation sites (N-methyl/N-ethyl adjacent to an activating group) is 1. The molecule has 0 aliphatic heterocycles. The van der Waals surface area contributed by atoms with Crippen molar-refractivity contribution in [3.8, 4) is 0 Å². The minimum Gasteiger partial charge on any atom is -0.398 e. The zero-order valence-corrected chi connectivity index (χ0v) is 11.5. The van der Waals surface area contributed by atoms with Gasteiger partial charge in [-0.15, -0.1) is 0 Å². The fourth-order valence-electron chi connectivity index (χ4n) is 2.00. The van der Waals surface area contributed by atoms with E-state index in [1.165, 1.54) is 24.0 Å². The molecular formula is C15H24N2O. The summed E-state index contributed by atoms with van der Waals surface area (Å²) in [6, 6.07) is 6.20. The number of nitrogen functional groups attached to an aromatic ring is 1. The van der Waals surface area contributed by atoms with E-state index in [-0.39, 0.29) is 0 Å². The zero-order chi connectivity index (χ0) is 13.0. The van der Waals surface area contributed by atoms with Gasteiger partial charge in [-0.2, -0.15) is 0 Å². The van der Waals surface area contributed by atoms with E-state index in [9.17, 15) is 0 Å². The molecule has 3 heteroatoms. The van der Waals surface area contributed by atoms with Gasteiger partial charge in [-0.1, -0.05) is 17.7 Å². The molecule has 0 bridgehead atoms. The maximum Gasteiger partial charge on any atom is 0.0593 e. The third-order valence-electron chi connectivity index (χ3n) is 3.41. The fourth-order valence-corrected chi connectivity index (χ4v) is 2.00. The second-order valence-corrected chi connectivity index (χ2v) is 5.46. The Morgan fingerprint density at radius 2 is 2.17 bits per heavy atom. The Hall–Kier alpha value is -1.06. The first kappa shape index (κ1) is 13.4. The third kappa shape index (κ3) is 4.31. The molecular weight excluding hydrogens is 224 g/mol. The molecule has 100 valence electrons. The maximum absolute atomic E-state index is 5.98. The first-order chi connectivity index (χ1) is 8.65. The van der Waals surface area contributed by atoms with Crippen molar-refractivity contribution < 1.29 is 4.74 Å². The highest BCUT2D eigenvalue weighted by Gasteiger charge is 2.20. The molecule has 1 aromatic rings. The van der Waals surface area contributed by atoms with Crippen LogP contribution >= 0.6 is 0 Å². The Bertz CT molecular complexity index is 388. The predicted molar refractivity (Wildman–Crippen MR) is 75.5 cm³/mol. The SMILES string of the molecule is Cc1ccc(N)c(CN(C)CCOCC2CC2)c1. The largest absolute Gasteiger partial charge is 0.398 e. The first-order valence-electron chi connectivity index (χ1n) is 6.76. The number of hydrogen-bond acceptors (Lipinski definition) is 3. The first-order valence-corrected chi connectivity index (χ1v) is 6.76. The molecule has 1 aliphatic rings.